The van der Waals surface area contributed by atoms with Gasteiger partial charge in [0.1, 0.15) is 11.6 Å². The van der Waals surface area contributed by atoms with E-state index in [9.17, 15) is 4.39 Å². The standard InChI is InChI=1S/C15H14BrClFNO/c1-2-20-14-6-4-10(16)8-11(14)15(19)9-3-5-13(18)12(17)7-9/h3-8,15H,2,19H2,1H3. The summed E-state index contributed by atoms with van der Waals surface area (Å²) in [5.74, 6) is 0.255. The number of nitrogens with two attached hydrogens (primary N) is 1. The van der Waals surface area contributed by atoms with E-state index in [2.05, 4.69) is 15.9 Å². The van der Waals surface area contributed by atoms with E-state index in [1.807, 2.05) is 25.1 Å². The first-order chi connectivity index (χ1) is 9.52. The highest BCUT2D eigenvalue weighted by Gasteiger charge is 2.16. The molecular formula is C15H14BrClFNO. The third kappa shape index (κ3) is 3.32. The summed E-state index contributed by atoms with van der Waals surface area (Å²) in [5.41, 5.74) is 7.81. The van der Waals surface area contributed by atoms with Gasteiger partial charge in [-0.2, -0.15) is 0 Å². The van der Waals surface area contributed by atoms with Crippen LogP contribution in [0.25, 0.3) is 0 Å². The first kappa shape index (κ1) is 15.3. The Kier molecular flexibility index (Phi) is 5.02. The Balaban J connectivity index is 2.43. The van der Waals surface area contributed by atoms with Gasteiger partial charge in [0, 0.05) is 10.0 Å². The van der Waals surface area contributed by atoms with Crippen LogP contribution >= 0.6 is 27.5 Å². The monoisotopic (exact) mass is 357 g/mol. The van der Waals surface area contributed by atoms with Crippen LogP contribution in [0.2, 0.25) is 5.02 Å². The summed E-state index contributed by atoms with van der Waals surface area (Å²) >= 11 is 9.22. The van der Waals surface area contributed by atoms with Gasteiger partial charge in [0.15, 0.2) is 0 Å². The van der Waals surface area contributed by atoms with Gasteiger partial charge in [0.25, 0.3) is 0 Å². The Bertz CT molecular complexity index is 621. The molecule has 2 nitrogen and oxygen atoms in total. The maximum absolute atomic E-state index is 13.2. The quantitative estimate of drug-likeness (QED) is 0.860. The summed E-state index contributed by atoms with van der Waals surface area (Å²) < 4.78 is 19.7. The average molecular weight is 359 g/mol. The summed E-state index contributed by atoms with van der Waals surface area (Å²) in [4.78, 5) is 0. The zero-order valence-corrected chi connectivity index (χ0v) is 13.2. The number of hydrogen-bond acceptors (Lipinski definition) is 2. The van der Waals surface area contributed by atoms with Crippen molar-refractivity contribution >= 4 is 27.5 Å². The molecule has 0 saturated carbocycles. The van der Waals surface area contributed by atoms with Crippen molar-refractivity contribution in [1.82, 2.24) is 0 Å². The maximum Gasteiger partial charge on any atom is 0.141 e. The second-order valence-electron chi connectivity index (χ2n) is 4.27. The maximum atomic E-state index is 13.2. The predicted octanol–water partition coefficient (Wildman–Crippen LogP) is 4.69. The first-order valence-corrected chi connectivity index (χ1v) is 7.32. The van der Waals surface area contributed by atoms with Crippen LogP contribution in [0.15, 0.2) is 40.9 Å². The number of rotatable bonds is 4. The molecule has 0 aliphatic heterocycles. The summed E-state index contributed by atoms with van der Waals surface area (Å²) in [6, 6.07) is 9.68. The minimum Gasteiger partial charge on any atom is -0.494 e. The van der Waals surface area contributed by atoms with Crippen molar-refractivity contribution < 1.29 is 9.13 Å². The van der Waals surface area contributed by atoms with Crippen LogP contribution in [0.3, 0.4) is 0 Å². The fourth-order valence-corrected chi connectivity index (χ4v) is 2.50. The van der Waals surface area contributed by atoms with E-state index in [4.69, 9.17) is 22.1 Å². The Labute approximate surface area is 130 Å². The van der Waals surface area contributed by atoms with Crippen LogP contribution in [0, 0.1) is 5.82 Å². The molecule has 106 valence electrons. The normalized spacial score (nSPS) is 12.2. The van der Waals surface area contributed by atoms with Crippen LogP contribution in [0.5, 0.6) is 5.75 Å². The highest BCUT2D eigenvalue weighted by Crippen LogP contribution is 2.32. The Morgan fingerprint density at radius 1 is 1.30 bits per heavy atom. The van der Waals surface area contributed by atoms with E-state index < -0.39 is 11.9 Å². The minimum atomic E-state index is -0.457. The molecule has 0 bridgehead atoms. The van der Waals surface area contributed by atoms with Gasteiger partial charge < -0.3 is 10.5 Å². The van der Waals surface area contributed by atoms with Crippen molar-refractivity contribution in [2.45, 2.75) is 13.0 Å². The zero-order chi connectivity index (χ0) is 14.7. The lowest BCUT2D eigenvalue weighted by Crippen LogP contribution is -2.14. The van der Waals surface area contributed by atoms with Crippen molar-refractivity contribution in [3.05, 3.63) is 62.8 Å². The van der Waals surface area contributed by atoms with Gasteiger partial charge >= 0.3 is 0 Å². The first-order valence-electron chi connectivity index (χ1n) is 6.15. The van der Waals surface area contributed by atoms with Crippen molar-refractivity contribution in [3.63, 3.8) is 0 Å². The van der Waals surface area contributed by atoms with Gasteiger partial charge in [-0.15, -0.1) is 0 Å². The van der Waals surface area contributed by atoms with Gasteiger partial charge in [0.2, 0.25) is 0 Å². The second kappa shape index (κ2) is 6.57. The lowest BCUT2D eigenvalue weighted by atomic mass is 9.99. The van der Waals surface area contributed by atoms with Gasteiger partial charge in [-0.25, -0.2) is 4.39 Å². The minimum absolute atomic E-state index is 0.0610. The molecule has 0 spiro atoms. The van der Waals surface area contributed by atoms with E-state index in [1.165, 1.54) is 12.1 Å². The summed E-state index contributed by atoms with van der Waals surface area (Å²) in [7, 11) is 0. The molecule has 2 N–H and O–H groups in total. The lowest BCUT2D eigenvalue weighted by Gasteiger charge is -2.17. The molecule has 5 heteroatoms. The molecule has 0 radical (unpaired) electrons. The van der Waals surface area contributed by atoms with Crippen LogP contribution in [0.1, 0.15) is 24.1 Å². The molecule has 2 aromatic carbocycles. The van der Waals surface area contributed by atoms with E-state index >= 15 is 0 Å². The topological polar surface area (TPSA) is 35.2 Å². The predicted molar refractivity (Wildman–Crippen MR) is 82.8 cm³/mol. The molecule has 1 unspecified atom stereocenters. The van der Waals surface area contributed by atoms with Crippen molar-refractivity contribution in [2.75, 3.05) is 6.61 Å². The van der Waals surface area contributed by atoms with E-state index in [0.717, 1.165) is 15.6 Å². The largest absolute Gasteiger partial charge is 0.494 e. The van der Waals surface area contributed by atoms with Gasteiger partial charge in [0.05, 0.1) is 17.7 Å². The number of benzene rings is 2. The average Bonchev–Trinajstić information content (AvgIpc) is 2.43. The fourth-order valence-electron chi connectivity index (χ4n) is 1.93. The van der Waals surface area contributed by atoms with E-state index in [-0.39, 0.29) is 5.02 Å². The van der Waals surface area contributed by atoms with E-state index in [1.54, 1.807) is 6.07 Å². The smallest absolute Gasteiger partial charge is 0.141 e. The van der Waals surface area contributed by atoms with Gasteiger partial charge in [-0.3, -0.25) is 0 Å². The van der Waals surface area contributed by atoms with Crippen molar-refractivity contribution in [1.29, 1.82) is 0 Å². The van der Waals surface area contributed by atoms with Crippen molar-refractivity contribution in [3.8, 4) is 5.75 Å². The van der Waals surface area contributed by atoms with E-state index in [0.29, 0.717) is 12.4 Å². The second-order valence-corrected chi connectivity index (χ2v) is 5.59. The van der Waals surface area contributed by atoms with Crippen LogP contribution in [0.4, 0.5) is 4.39 Å². The number of ether oxygens (including phenoxy) is 1. The number of hydrogen-bond donors (Lipinski definition) is 1. The molecule has 0 amide bonds. The summed E-state index contributed by atoms with van der Waals surface area (Å²) in [6.07, 6.45) is 0. The highest BCUT2D eigenvalue weighted by atomic mass is 79.9. The Morgan fingerprint density at radius 3 is 2.70 bits per heavy atom. The molecular weight excluding hydrogens is 345 g/mol. The lowest BCUT2D eigenvalue weighted by molar-refractivity contribution is 0.335. The van der Waals surface area contributed by atoms with Crippen molar-refractivity contribution in [2.24, 2.45) is 5.73 Å². The molecule has 1 atom stereocenters. The zero-order valence-electron chi connectivity index (χ0n) is 10.9. The molecule has 0 fully saturated rings. The number of halogens is 3. The highest BCUT2D eigenvalue weighted by molar-refractivity contribution is 9.10. The molecule has 0 heterocycles. The molecule has 0 aliphatic rings. The molecule has 0 aliphatic carbocycles. The summed E-state index contributed by atoms with van der Waals surface area (Å²) in [5, 5.41) is 0.0610. The van der Waals surface area contributed by atoms with Crippen LogP contribution in [-0.4, -0.2) is 6.61 Å². The Morgan fingerprint density at radius 2 is 2.05 bits per heavy atom. The molecule has 2 aromatic rings. The third-order valence-electron chi connectivity index (χ3n) is 2.91. The summed E-state index contributed by atoms with van der Waals surface area (Å²) in [6.45, 7) is 2.46. The molecule has 2 rings (SSSR count). The Hall–Kier alpha value is -1.10. The van der Waals surface area contributed by atoms with Crippen LogP contribution in [-0.2, 0) is 0 Å². The van der Waals surface area contributed by atoms with Gasteiger partial charge in [-0.1, -0.05) is 33.6 Å². The molecule has 0 aromatic heterocycles. The molecule has 20 heavy (non-hydrogen) atoms. The SMILES string of the molecule is CCOc1ccc(Br)cc1C(N)c1ccc(F)c(Cl)c1. The third-order valence-corrected chi connectivity index (χ3v) is 3.69. The van der Waals surface area contributed by atoms with Gasteiger partial charge in [-0.05, 0) is 42.8 Å². The fraction of sp³-hybridized carbons (Fsp3) is 0.200. The van der Waals surface area contributed by atoms with Crippen LogP contribution < -0.4 is 10.5 Å². The molecule has 0 saturated heterocycles.